The zero-order valence-corrected chi connectivity index (χ0v) is 13.6. The van der Waals surface area contributed by atoms with Crippen molar-refractivity contribution in [3.05, 3.63) is 83.4 Å². The van der Waals surface area contributed by atoms with Gasteiger partial charge in [0.05, 0.1) is 12.7 Å². The van der Waals surface area contributed by atoms with Gasteiger partial charge in [-0.2, -0.15) is 0 Å². The van der Waals surface area contributed by atoms with Gasteiger partial charge in [0.15, 0.2) is 0 Å². The first-order chi connectivity index (χ1) is 11.7. The van der Waals surface area contributed by atoms with Crippen molar-refractivity contribution in [3.63, 3.8) is 0 Å². The molecule has 0 spiro atoms. The molecule has 0 saturated heterocycles. The average Bonchev–Trinajstić information content (AvgIpc) is 2.62. The highest BCUT2D eigenvalue weighted by atomic mass is 16.5. The maximum absolute atomic E-state index is 12.0. The van der Waals surface area contributed by atoms with Crippen LogP contribution in [0.4, 0.5) is 0 Å². The van der Waals surface area contributed by atoms with Crippen LogP contribution >= 0.6 is 0 Å². The van der Waals surface area contributed by atoms with Gasteiger partial charge in [-0.25, -0.2) is 4.79 Å². The molecule has 0 fully saturated rings. The van der Waals surface area contributed by atoms with Gasteiger partial charge < -0.3 is 9.84 Å². The van der Waals surface area contributed by atoms with E-state index in [9.17, 15) is 9.90 Å². The first kappa shape index (κ1) is 16.2. The number of esters is 1. The number of fused-ring (bicyclic) bond motifs is 1. The lowest BCUT2D eigenvalue weighted by Crippen LogP contribution is -2.17. The van der Waals surface area contributed by atoms with Crippen LogP contribution in [0.15, 0.2) is 66.7 Å². The third-order valence-electron chi connectivity index (χ3n) is 4.16. The van der Waals surface area contributed by atoms with Gasteiger partial charge in [0.25, 0.3) is 0 Å². The number of hydrogen-bond donors (Lipinski definition) is 1. The Bertz CT molecular complexity index is 775. The first-order valence-corrected chi connectivity index (χ1v) is 8.09. The van der Waals surface area contributed by atoms with Gasteiger partial charge in [0, 0.05) is 12.0 Å². The van der Waals surface area contributed by atoms with Gasteiger partial charge in [0.1, 0.15) is 0 Å². The van der Waals surface area contributed by atoms with E-state index in [2.05, 4.69) is 0 Å². The monoisotopic (exact) mass is 320 g/mol. The molecular formula is C21H20O3. The lowest BCUT2D eigenvalue weighted by Gasteiger charge is -2.28. The Hall–Kier alpha value is -2.65. The van der Waals surface area contributed by atoms with E-state index in [1.165, 1.54) is 6.08 Å². The van der Waals surface area contributed by atoms with E-state index in [1.807, 2.05) is 66.7 Å². The van der Waals surface area contributed by atoms with Crippen LogP contribution < -0.4 is 0 Å². The minimum atomic E-state index is -0.702. The Labute approximate surface area is 141 Å². The molecule has 1 N–H and O–H groups in total. The molecule has 0 unspecified atom stereocenters. The summed E-state index contributed by atoms with van der Waals surface area (Å²) in [4.78, 5) is 12.0. The van der Waals surface area contributed by atoms with Crippen molar-refractivity contribution in [2.75, 3.05) is 6.61 Å². The third kappa shape index (κ3) is 3.31. The Morgan fingerprint density at radius 1 is 1.12 bits per heavy atom. The van der Waals surface area contributed by atoms with E-state index in [0.717, 1.165) is 22.3 Å². The van der Waals surface area contributed by atoms with Crippen molar-refractivity contribution in [2.24, 2.45) is 5.92 Å². The number of hydrogen-bond acceptors (Lipinski definition) is 3. The highest BCUT2D eigenvalue weighted by Gasteiger charge is 2.28. The summed E-state index contributed by atoms with van der Waals surface area (Å²) in [5, 5.41) is 10.9. The fourth-order valence-corrected chi connectivity index (χ4v) is 3.03. The molecule has 0 aromatic heterocycles. The van der Waals surface area contributed by atoms with Crippen molar-refractivity contribution in [1.82, 2.24) is 0 Å². The van der Waals surface area contributed by atoms with Crippen LogP contribution in [0, 0.1) is 5.92 Å². The smallest absolute Gasteiger partial charge is 0.331 e. The lowest BCUT2D eigenvalue weighted by atomic mass is 9.80. The summed E-state index contributed by atoms with van der Waals surface area (Å²) in [6.45, 7) is 2.10. The maximum Gasteiger partial charge on any atom is 0.331 e. The molecule has 24 heavy (non-hydrogen) atoms. The average molecular weight is 320 g/mol. The molecule has 0 radical (unpaired) electrons. The summed E-state index contributed by atoms with van der Waals surface area (Å²) in [6.07, 6.45) is 4.73. The van der Waals surface area contributed by atoms with Crippen LogP contribution in [0.2, 0.25) is 0 Å². The van der Waals surface area contributed by atoms with Gasteiger partial charge in [-0.05, 0) is 29.2 Å². The fraction of sp³-hybridized carbons (Fsp3) is 0.190. The molecule has 0 heterocycles. The van der Waals surface area contributed by atoms with Gasteiger partial charge in [-0.3, -0.25) is 0 Å². The van der Waals surface area contributed by atoms with Crippen LogP contribution in [-0.2, 0) is 9.53 Å². The summed E-state index contributed by atoms with van der Waals surface area (Å²) >= 11 is 0. The van der Waals surface area contributed by atoms with Crippen molar-refractivity contribution in [2.45, 2.75) is 13.0 Å². The number of benzene rings is 2. The van der Waals surface area contributed by atoms with Crippen molar-refractivity contribution in [3.8, 4) is 0 Å². The van der Waals surface area contributed by atoms with Crippen LogP contribution in [0.1, 0.15) is 29.7 Å². The Morgan fingerprint density at radius 3 is 2.58 bits per heavy atom. The molecule has 1 aliphatic rings. The molecule has 0 bridgehead atoms. The zero-order valence-electron chi connectivity index (χ0n) is 13.6. The van der Waals surface area contributed by atoms with Crippen molar-refractivity contribution >= 4 is 17.6 Å². The number of ether oxygens (including phenoxy) is 1. The number of aliphatic hydroxyl groups is 1. The standard InChI is InChI=1S/C21H20O3/c1-2-24-20(22)14-19(15-8-4-3-5-9-15)18-13-12-16-10-6-7-11-17(16)21(18)23/h3-14,18,21,23H,2H2,1H3/b19-14+/t18-,21-/m0/s1. The summed E-state index contributed by atoms with van der Waals surface area (Å²) in [7, 11) is 0. The highest BCUT2D eigenvalue weighted by Crippen LogP contribution is 2.39. The molecule has 0 amide bonds. The Morgan fingerprint density at radius 2 is 1.83 bits per heavy atom. The molecule has 3 heteroatoms. The predicted octanol–water partition coefficient (Wildman–Crippen LogP) is 4.01. The molecule has 3 nitrogen and oxygen atoms in total. The molecule has 2 aromatic carbocycles. The topological polar surface area (TPSA) is 46.5 Å². The van der Waals surface area contributed by atoms with E-state index in [4.69, 9.17) is 4.74 Å². The molecule has 2 aromatic rings. The molecule has 0 aliphatic heterocycles. The van der Waals surface area contributed by atoms with E-state index in [-0.39, 0.29) is 5.92 Å². The molecule has 2 atom stereocenters. The summed E-state index contributed by atoms with van der Waals surface area (Å²) in [5.74, 6) is -0.692. The Kier molecular flexibility index (Phi) is 4.92. The molecule has 3 rings (SSSR count). The first-order valence-electron chi connectivity index (χ1n) is 8.09. The van der Waals surface area contributed by atoms with Gasteiger partial charge in [-0.15, -0.1) is 0 Å². The minimum Gasteiger partial charge on any atom is -0.463 e. The molecule has 122 valence electrons. The SMILES string of the molecule is CCOC(=O)/C=C(\c1ccccc1)[C@@H]1C=Cc2ccccc2[C@@H]1O. The third-order valence-corrected chi connectivity index (χ3v) is 4.16. The number of rotatable bonds is 4. The normalized spacial score (nSPS) is 19.7. The van der Waals surface area contributed by atoms with Crippen LogP contribution in [0.3, 0.4) is 0 Å². The van der Waals surface area contributed by atoms with E-state index < -0.39 is 12.1 Å². The second kappa shape index (κ2) is 7.28. The highest BCUT2D eigenvalue weighted by molar-refractivity contribution is 5.93. The van der Waals surface area contributed by atoms with Gasteiger partial charge in [0.2, 0.25) is 0 Å². The van der Waals surface area contributed by atoms with Crippen molar-refractivity contribution < 1.29 is 14.6 Å². The molecule has 1 aliphatic carbocycles. The summed E-state index contributed by atoms with van der Waals surface area (Å²) in [6, 6.07) is 17.4. The van der Waals surface area contributed by atoms with Gasteiger partial charge in [-0.1, -0.05) is 66.7 Å². The zero-order chi connectivity index (χ0) is 16.9. The quantitative estimate of drug-likeness (QED) is 0.684. The Balaban J connectivity index is 2.03. The molecule has 0 saturated carbocycles. The second-order valence-corrected chi connectivity index (χ2v) is 5.68. The maximum atomic E-state index is 12.0. The number of aliphatic hydroxyl groups excluding tert-OH is 1. The minimum absolute atomic E-state index is 0.299. The number of carbonyl (C=O) groups excluding carboxylic acids is 1. The van der Waals surface area contributed by atoms with Crippen molar-refractivity contribution in [1.29, 1.82) is 0 Å². The summed E-state index contributed by atoms with van der Waals surface area (Å²) < 4.78 is 5.07. The summed E-state index contributed by atoms with van der Waals surface area (Å²) in [5.41, 5.74) is 3.53. The fourth-order valence-electron chi connectivity index (χ4n) is 3.03. The van der Waals surface area contributed by atoms with E-state index in [1.54, 1.807) is 6.92 Å². The van der Waals surface area contributed by atoms with E-state index >= 15 is 0 Å². The molecular weight excluding hydrogens is 300 g/mol. The van der Waals surface area contributed by atoms with Gasteiger partial charge >= 0.3 is 5.97 Å². The van der Waals surface area contributed by atoms with Crippen LogP contribution in [0.25, 0.3) is 11.6 Å². The van der Waals surface area contributed by atoms with Crippen LogP contribution in [0.5, 0.6) is 0 Å². The number of carbonyl (C=O) groups is 1. The largest absolute Gasteiger partial charge is 0.463 e. The van der Waals surface area contributed by atoms with E-state index in [0.29, 0.717) is 6.61 Å². The second-order valence-electron chi connectivity index (χ2n) is 5.68. The predicted molar refractivity (Wildman–Crippen MR) is 95.0 cm³/mol. The lowest BCUT2D eigenvalue weighted by molar-refractivity contribution is -0.137. The van der Waals surface area contributed by atoms with Crippen LogP contribution in [-0.4, -0.2) is 17.7 Å².